The van der Waals surface area contributed by atoms with Gasteiger partial charge in [-0.15, -0.1) is 0 Å². The molecule has 1 amide bonds. The van der Waals surface area contributed by atoms with Gasteiger partial charge < -0.3 is 20.6 Å². The SMILES string of the molecule is CCCCCCCCNC(=O)CC[C@H](C)C1CC[C@H]2C3C(O)CC4C[C@H](O)CC[C@]4(C)[C@H]3C[C@H](O)[C@]12C. The Labute approximate surface area is 226 Å². The number of aliphatic hydroxyl groups excluding tert-OH is 3. The Morgan fingerprint density at radius 1 is 0.946 bits per heavy atom. The number of unbranched alkanes of at least 4 members (excludes halogenated alkanes) is 5. The zero-order chi connectivity index (χ0) is 26.8. The Kier molecular flexibility index (Phi) is 9.71. The molecule has 0 saturated heterocycles. The number of aliphatic hydroxyl groups is 3. The van der Waals surface area contributed by atoms with E-state index < -0.39 is 0 Å². The van der Waals surface area contributed by atoms with Gasteiger partial charge in [0.25, 0.3) is 0 Å². The maximum Gasteiger partial charge on any atom is 0.220 e. The molecule has 4 unspecified atom stereocenters. The summed E-state index contributed by atoms with van der Waals surface area (Å²) in [5.74, 6) is 2.24. The number of carbonyl (C=O) groups is 1. The molecule has 214 valence electrons. The second-order valence-electron chi connectivity index (χ2n) is 14.2. The second-order valence-corrected chi connectivity index (χ2v) is 14.2. The van der Waals surface area contributed by atoms with E-state index in [4.69, 9.17) is 0 Å². The van der Waals surface area contributed by atoms with Gasteiger partial charge in [-0.25, -0.2) is 0 Å². The van der Waals surface area contributed by atoms with E-state index in [1.165, 1.54) is 32.1 Å². The van der Waals surface area contributed by atoms with Crippen LogP contribution in [0.15, 0.2) is 0 Å². The van der Waals surface area contributed by atoms with Gasteiger partial charge in [0.1, 0.15) is 0 Å². The van der Waals surface area contributed by atoms with Crippen LogP contribution in [0.3, 0.4) is 0 Å². The molecule has 4 aliphatic rings. The van der Waals surface area contributed by atoms with E-state index in [1.54, 1.807) is 0 Å². The van der Waals surface area contributed by atoms with Gasteiger partial charge >= 0.3 is 0 Å². The first-order valence-corrected chi connectivity index (χ1v) is 15.9. The highest BCUT2D eigenvalue weighted by Gasteiger charge is 2.65. The third-order valence-electron chi connectivity index (χ3n) is 12.2. The Balaban J connectivity index is 1.33. The summed E-state index contributed by atoms with van der Waals surface area (Å²) in [4.78, 5) is 12.5. The summed E-state index contributed by atoms with van der Waals surface area (Å²) in [7, 11) is 0. The fourth-order valence-corrected chi connectivity index (χ4v) is 9.91. The Bertz CT molecular complexity index is 759. The highest BCUT2D eigenvalue weighted by molar-refractivity contribution is 5.75. The first kappa shape index (κ1) is 29.3. The first-order valence-electron chi connectivity index (χ1n) is 15.9. The molecule has 0 bridgehead atoms. The minimum absolute atomic E-state index is 0.114. The maximum atomic E-state index is 12.5. The molecule has 4 fully saturated rings. The zero-order valence-corrected chi connectivity index (χ0v) is 24.3. The Morgan fingerprint density at radius 2 is 1.68 bits per heavy atom. The van der Waals surface area contributed by atoms with Gasteiger partial charge in [0.15, 0.2) is 0 Å². The molecule has 0 radical (unpaired) electrons. The molecule has 5 nitrogen and oxygen atoms in total. The van der Waals surface area contributed by atoms with Gasteiger partial charge in [-0.3, -0.25) is 4.79 Å². The van der Waals surface area contributed by atoms with Gasteiger partial charge in [0.2, 0.25) is 5.91 Å². The summed E-state index contributed by atoms with van der Waals surface area (Å²) in [6, 6.07) is 0. The molecule has 0 aromatic carbocycles. The monoisotopic (exact) mass is 519 g/mol. The van der Waals surface area contributed by atoms with Crippen LogP contribution in [-0.4, -0.2) is 46.1 Å². The van der Waals surface area contributed by atoms with Crippen molar-refractivity contribution in [1.82, 2.24) is 5.32 Å². The third-order valence-corrected chi connectivity index (χ3v) is 12.2. The molecule has 5 heteroatoms. The van der Waals surface area contributed by atoms with E-state index in [0.717, 1.165) is 64.3 Å². The van der Waals surface area contributed by atoms with Gasteiger partial charge in [-0.2, -0.15) is 0 Å². The normalized spacial score (nSPS) is 44.0. The average molecular weight is 520 g/mol. The maximum absolute atomic E-state index is 12.5. The number of rotatable bonds is 11. The van der Waals surface area contributed by atoms with Crippen LogP contribution in [-0.2, 0) is 4.79 Å². The molecule has 11 atom stereocenters. The summed E-state index contributed by atoms with van der Waals surface area (Å²) in [5.41, 5.74) is -0.0723. The number of fused-ring (bicyclic) bond motifs is 5. The van der Waals surface area contributed by atoms with Crippen LogP contribution in [0.25, 0.3) is 0 Å². The lowest BCUT2D eigenvalue weighted by molar-refractivity contribution is -0.207. The van der Waals surface area contributed by atoms with Crippen molar-refractivity contribution < 1.29 is 20.1 Å². The van der Waals surface area contributed by atoms with Crippen molar-refractivity contribution in [2.24, 2.45) is 46.3 Å². The summed E-state index contributed by atoms with van der Waals surface area (Å²) >= 11 is 0. The lowest BCUT2D eigenvalue weighted by Gasteiger charge is -2.63. The molecule has 37 heavy (non-hydrogen) atoms. The van der Waals surface area contributed by atoms with Gasteiger partial charge in [0, 0.05) is 13.0 Å². The van der Waals surface area contributed by atoms with E-state index in [1.807, 2.05) is 0 Å². The molecule has 0 aromatic rings. The molecule has 4 rings (SSSR count). The fraction of sp³-hybridized carbons (Fsp3) is 0.969. The molecular formula is C32H57NO4. The molecule has 0 aromatic heterocycles. The lowest BCUT2D eigenvalue weighted by atomic mass is 9.43. The second kappa shape index (κ2) is 12.3. The number of amides is 1. The summed E-state index contributed by atoms with van der Waals surface area (Å²) < 4.78 is 0. The largest absolute Gasteiger partial charge is 0.393 e. The Morgan fingerprint density at radius 3 is 2.43 bits per heavy atom. The van der Waals surface area contributed by atoms with Crippen LogP contribution in [0, 0.1) is 46.3 Å². The zero-order valence-electron chi connectivity index (χ0n) is 24.3. The predicted molar refractivity (Wildman–Crippen MR) is 149 cm³/mol. The molecule has 0 heterocycles. The molecule has 0 aliphatic heterocycles. The van der Waals surface area contributed by atoms with E-state index in [0.29, 0.717) is 36.0 Å². The van der Waals surface area contributed by atoms with Gasteiger partial charge in [0.05, 0.1) is 18.3 Å². The number of nitrogens with one attached hydrogen (secondary N) is 1. The summed E-state index contributed by atoms with van der Waals surface area (Å²) in [6.45, 7) is 10.0. The summed E-state index contributed by atoms with van der Waals surface area (Å²) in [5, 5.41) is 36.6. The standard InChI is InChI=1S/C32H57NO4/c1-5-6-7-8-9-10-17-33-29(37)14-11-21(2)24-12-13-25-30-26(20-28(36)32(24,25)4)31(3)16-15-23(34)18-22(31)19-27(30)35/h21-28,30,34-36H,5-20H2,1-4H3,(H,33,37)/t21-,22?,23+,24?,25-,26-,27?,28-,30?,31-,32+/m0/s1. The molecular weight excluding hydrogens is 462 g/mol. The van der Waals surface area contributed by atoms with E-state index in [9.17, 15) is 20.1 Å². The minimum Gasteiger partial charge on any atom is -0.393 e. The number of hydrogen-bond acceptors (Lipinski definition) is 4. The van der Waals surface area contributed by atoms with Gasteiger partial charge in [-0.05, 0) is 104 Å². The molecule has 0 spiro atoms. The van der Waals surface area contributed by atoms with E-state index in [-0.39, 0.29) is 41.0 Å². The van der Waals surface area contributed by atoms with Crippen LogP contribution in [0.4, 0.5) is 0 Å². The molecule has 4 aliphatic carbocycles. The molecule has 4 saturated carbocycles. The van der Waals surface area contributed by atoms with Crippen molar-refractivity contribution in [3.05, 3.63) is 0 Å². The first-order chi connectivity index (χ1) is 17.6. The van der Waals surface area contributed by atoms with Crippen molar-refractivity contribution in [2.45, 2.75) is 142 Å². The highest BCUT2D eigenvalue weighted by Crippen LogP contribution is 2.68. The van der Waals surface area contributed by atoms with Crippen molar-refractivity contribution in [3.63, 3.8) is 0 Å². The molecule has 4 N–H and O–H groups in total. The van der Waals surface area contributed by atoms with Crippen LogP contribution in [0.2, 0.25) is 0 Å². The predicted octanol–water partition coefficient (Wildman–Crippen LogP) is 5.84. The van der Waals surface area contributed by atoms with Crippen molar-refractivity contribution in [3.8, 4) is 0 Å². The Hall–Kier alpha value is -0.650. The van der Waals surface area contributed by atoms with Crippen LogP contribution < -0.4 is 5.32 Å². The smallest absolute Gasteiger partial charge is 0.220 e. The van der Waals surface area contributed by atoms with Crippen LogP contribution >= 0.6 is 0 Å². The van der Waals surface area contributed by atoms with Crippen molar-refractivity contribution in [1.29, 1.82) is 0 Å². The summed E-state index contributed by atoms with van der Waals surface area (Å²) in [6.07, 6.45) is 14.3. The third kappa shape index (κ3) is 5.80. The van der Waals surface area contributed by atoms with Crippen LogP contribution in [0.5, 0.6) is 0 Å². The quantitative estimate of drug-likeness (QED) is 0.258. The van der Waals surface area contributed by atoms with E-state index >= 15 is 0 Å². The van der Waals surface area contributed by atoms with Crippen LogP contribution in [0.1, 0.15) is 124 Å². The number of carbonyl (C=O) groups excluding carboxylic acids is 1. The van der Waals surface area contributed by atoms with Gasteiger partial charge in [-0.1, -0.05) is 59.8 Å². The average Bonchev–Trinajstić information content (AvgIpc) is 3.22. The number of hydrogen-bond donors (Lipinski definition) is 4. The lowest BCUT2D eigenvalue weighted by Crippen LogP contribution is -2.62. The van der Waals surface area contributed by atoms with Crippen molar-refractivity contribution in [2.75, 3.05) is 6.54 Å². The fourth-order valence-electron chi connectivity index (χ4n) is 9.91. The van der Waals surface area contributed by atoms with Crippen molar-refractivity contribution >= 4 is 5.91 Å². The minimum atomic E-state index is -0.357. The highest BCUT2D eigenvalue weighted by atomic mass is 16.3. The van der Waals surface area contributed by atoms with E-state index in [2.05, 4.69) is 33.0 Å². The topological polar surface area (TPSA) is 89.8 Å².